The van der Waals surface area contributed by atoms with Gasteiger partial charge < -0.3 is 10.6 Å². The second-order valence-corrected chi connectivity index (χ2v) is 5.46. The van der Waals surface area contributed by atoms with Crippen LogP contribution in [-0.2, 0) is 0 Å². The van der Waals surface area contributed by atoms with E-state index < -0.39 is 0 Å². The summed E-state index contributed by atoms with van der Waals surface area (Å²) in [5, 5.41) is 0.682. The van der Waals surface area contributed by atoms with Gasteiger partial charge >= 0.3 is 0 Å². The zero-order valence-electron chi connectivity index (χ0n) is 11.2. The van der Waals surface area contributed by atoms with Crippen molar-refractivity contribution >= 4 is 23.4 Å². The summed E-state index contributed by atoms with van der Waals surface area (Å²) in [6.45, 7) is 2.02. The van der Waals surface area contributed by atoms with Crippen LogP contribution in [0.25, 0.3) is 11.1 Å². The van der Waals surface area contributed by atoms with E-state index in [9.17, 15) is 0 Å². The molecule has 4 nitrogen and oxygen atoms in total. The average Bonchev–Trinajstić information content (AvgIpc) is 2.48. The number of halogens is 1. The van der Waals surface area contributed by atoms with Crippen LogP contribution in [-0.4, -0.2) is 23.1 Å². The van der Waals surface area contributed by atoms with Crippen molar-refractivity contribution in [2.45, 2.75) is 19.3 Å². The third-order valence-corrected chi connectivity index (χ3v) is 3.82. The SMILES string of the molecule is Nc1nc(N2CCCCC2)ncc1-c1cccc(Cl)c1. The molecule has 1 aromatic carbocycles. The summed E-state index contributed by atoms with van der Waals surface area (Å²) >= 11 is 6.01. The lowest BCUT2D eigenvalue weighted by Crippen LogP contribution is -2.31. The summed E-state index contributed by atoms with van der Waals surface area (Å²) in [6, 6.07) is 7.57. The first-order chi connectivity index (χ1) is 9.74. The van der Waals surface area contributed by atoms with E-state index in [2.05, 4.69) is 14.9 Å². The summed E-state index contributed by atoms with van der Waals surface area (Å²) in [6.07, 6.45) is 5.46. The van der Waals surface area contributed by atoms with Gasteiger partial charge in [0.25, 0.3) is 0 Å². The fourth-order valence-electron chi connectivity index (χ4n) is 2.51. The minimum Gasteiger partial charge on any atom is -0.383 e. The Kier molecular flexibility index (Phi) is 3.74. The van der Waals surface area contributed by atoms with E-state index in [1.165, 1.54) is 19.3 Å². The minimum absolute atomic E-state index is 0.503. The molecule has 2 aromatic rings. The lowest BCUT2D eigenvalue weighted by Gasteiger charge is -2.26. The van der Waals surface area contributed by atoms with Crippen molar-refractivity contribution in [3.05, 3.63) is 35.5 Å². The van der Waals surface area contributed by atoms with Gasteiger partial charge in [-0.25, -0.2) is 4.98 Å². The summed E-state index contributed by atoms with van der Waals surface area (Å²) in [4.78, 5) is 11.1. The number of hydrogen-bond donors (Lipinski definition) is 1. The number of aromatic nitrogens is 2. The number of hydrogen-bond acceptors (Lipinski definition) is 4. The van der Waals surface area contributed by atoms with Gasteiger partial charge in [-0.3, -0.25) is 0 Å². The molecule has 2 heterocycles. The molecule has 20 heavy (non-hydrogen) atoms. The second-order valence-electron chi connectivity index (χ2n) is 5.03. The van der Waals surface area contributed by atoms with Gasteiger partial charge in [0.2, 0.25) is 5.95 Å². The highest BCUT2D eigenvalue weighted by atomic mass is 35.5. The molecule has 1 fully saturated rings. The van der Waals surface area contributed by atoms with Gasteiger partial charge in [-0.2, -0.15) is 4.98 Å². The Balaban J connectivity index is 1.91. The summed E-state index contributed by atoms with van der Waals surface area (Å²) in [5.74, 6) is 1.23. The summed E-state index contributed by atoms with van der Waals surface area (Å²) in [7, 11) is 0. The zero-order valence-corrected chi connectivity index (χ0v) is 12.0. The predicted octanol–water partition coefficient (Wildman–Crippen LogP) is 3.37. The maximum atomic E-state index is 6.09. The Bertz CT molecular complexity index is 609. The van der Waals surface area contributed by atoms with Gasteiger partial charge in [0.1, 0.15) is 5.82 Å². The lowest BCUT2D eigenvalue weighted by atomic mass is 10.1. The quantitative estimate of drug-likeness (QED) is 0.920. The number of rotatable bonds is 2. The van der Waals surface area contributed by atoms with Crippen LogP contribution in [0.3, 0.4) is 0 Å². The first-order valence-corrected chi connectivity index (χ1v) is 7.25. The number of piperidine rings is 1. The van der Waals surface area contributed by atoms with Crippen LogP contribution < -0.4 is 10.6 Å². The van der Waals surface area contributed by atoms with E-state index in [0.29, 0.717) is 10.8 Å². The predicted molar refractivity (Wildman–Crippen MR) is 83.0 cm³/mol. The standard InChI is InChI=1S/C15H17ClN4/c16-12-6-4-5-11(9-12)13-10-18-15(19-14(13)17)20-7-2-1-3-8-20/h4-6,9-10H,1-3,7-8H2,(H2,17,18,19). The van der Waals surface area contributed by atoms with Crippen LogP contribution in [0.2, 0.25) is 5.02 Å². The number of anilines is 2. The Labute approximate surface area is 123 Å². The first-order valence-electron chi connectivity index (χ1n) is 6.87. The van der Waals surface area contributed by atoms with E-state index in [1.807, 2.05) is 24.3 Å². The number of nitrogens with two attached hydrogens (primary N) is 1. The van der Waals surface area contributed by atoms with Gasteiger partial charge in [-0.05, 0) is 37.0 Å². The van der Waals surface area contributed by atoms with E-state index >= 15 is 0 Å². The van der Waals surface area contributed by atoms with Crippen molar-refractivity contribution in [1.29, 1.82) is 0 Å². The molecule has 1 saturated heterocycles. The second kappa shape index (κ2) is 5.67. The Morgan fingerprint density at radius 3 is 2.65 bits per heavy atom. The molecule has 3 rings (SSSR count). The van der Waals surface area contributed by atoms with Crippen molar-refractivity contribution in [3.8, 4) is 11.1 Å². The Morgan fingerprint density at radius 1 is 1.15 bits per heavy atom. The number of nitrogens with zero attached hydrogens (tertiary/aromatic N) is 3. The number of nitrogen functional groups attached to an aromatic ring is 1. The molecular formula is C15H17ClN4. The van der Waals surface area contributed by atoms with Gasteiger partial charge in [-0.15, -0.1) is 0 Å². The van der Waals surface area contributed by atoms with Crippen LogP contribution in [0, 0.1) is 0 Å². The maximum absolute atomic E-state index is 6.09. The molecule has 0 aliphatic carbocycles. The molecule has 0 spiro atoms. The van der Waals surface area contributed by atoms with Crippen LogP contribution in [0.5, 0.6) is 0 Å². The third kappa shape index (κ3) is 2.70. The molecule has 1 aliphatic rings. The fourth-order valence-corrected chi connectivity index (χ4v) is 2.70. The van der Waals surface area contributed by atoms with Gasteiger partial charge in [0, 0.05) is 29.9 Å². The summed E-state index contributed by atoms with van der Waals surface area (Å²) < 4.78 is 0. The van der Waals surface area contributed by atoms with Crippen LogP contribution in [0.15, 0.2) is 30.5 Å². The van der Waals surface area contributed by atoms with E-state index in [-0.39, 0.29) is 0 Å². The van der Waals surface area contributed by atoms with Gasteiger partial charge in [0.05, 0.1) is 0 Å². The molecule has 0 saturated carbocycles. The Hall–Kier alpha value is -1.81. The summed E-state index contributed by atoms with van der Waals surface area (Å²) in [5.41, 5.74) is 7.86. The molecule has 0 bridgehead atoms. The average molecular weight is 289 g/mol. The van der Waals surface area contributed by atoms with E-state index in [1.54, 1.807) is 6.20 Å². The Morgan fingerprint density at radius 2 is 1.95 bits per heavy atom. The van der Waals surface area contributed by atoms with E-state index in [0.717, 1.165) is 30.2 Å². The topological polar surface area (TPSA) is 55.0 Å². The van der Waals surface area contributed by atoms with Gasteiger partial charge in [-0.1, -0.05) is 23.7 Å². The van der Waals surface area contributed by atoms with Gasteiger partial charge in [0.15, 0.2) is 0 Å². The molecule has 5 heteroatoms. The molecule has 0 atom stereocenters. The normalized spacial score (nSPS) is 15.3. The van der Waals surface area contributed by atoms with Crippen molar-refractivity contribution in [3.63, 3.8) is 0 Å². The molecular weight excluding hydrogens is 272 g/mol. The van der Waals surface area contributed by atoms with Crippen molar-refractivity contribution < 1.29 is 0 Å². The molecule has 1 aromatic heterocycles. The smallest absolute Gasteiger partial charge is 0.227 e. The molecule has 104 valence electrons. The van der Waals surface area contributed by atoms with Crippen LogP contribution in [0.1, 0.15) is 19.3 Å². The number of benzene rings is 1. The van der Waals surface area contributed by atoms with Crippen molar-refractivity contribution in [2.75, 3.05) is 23.7 Å². The fraction of sp³-hybridized carbons (Fsp3) is 0.333. The molecule has 0 unspecified atom stereocenters. The third-order valence-electron chi connectivity index (χ3n) is 3.58. The molecule has 0 amide bonds. The van der Waals surface area contributed by atoms with Crippen molar-refractivity contribution in [1.82, 2.24) is 9.97 Å². The highest BCUT2D eigenvalue weighted by Crippen LogP contribution is 2.27. The van der Waals surface area contributed by atoms with Crippen LogP contribution in [0.4, 0.5) is 11.8 Å². The molecule has 0 radical (unpaired) electrons. The monoisotopic (exact) mass is 288 g/mol. The highest BCUT2D eigenvalue weighted by Gasteiger charge is 2.15. The molecule has 1 aliphatic heterocycles. The maximum Gasteiger partial charge on any atom is 0.227 e. The highest BCUT2D eigenvalue weighted by molar-refractivity contribution is 6.30. The van der Waals surface area contributed by atoms with Crippen molar-refractivity contribution in [2.24, 2.45) is 0 Å². The molecule has 2 N–H and O–H groups in total. The van der Waals surface area contributed by atoms with Crippen LogP contribution >= 0.6 is 11.6 Å². The lowest BCUT2D eigenvalue weighted by molar-refractivity contribution is 0.568. The largest absolute Gasteiger partial charge is 0.383 e. The first kappa shape index (κ1) is 13.2. The van der Waals surface area contributed by atoms with E-state index in [4.69, 9.17) is 17.3 Å². The zero-order chi connectivity index (χ0) is 13.9. The minimum atomic E-state index is 0.503.